The Morgan fingerprint density at radius 3 is 2.35 bits per heavy atom. The predicted molar refractivity (Wildman–Crippen MR) is 102 cm³/mol. The van der Waals surface area contributed by atoms with Gasteiger partial charge in [0.15, 0.2) is 12.1 Å². The van der Waals surface area contributed by atoms with E-state index in [0.29, 0.717) is 11.4 Å². The topological polar surface area (TPSA) is 221 Å². The Bertz CT molecular complexity index is 687. The smallest absolute Gasteiger partial charge is 0.323 e. The molecule has 14 nitrogen and oxygen atoms in total. The predicted octanol–water partition coefficient (Wildman–Crippen LogP) is -3.50. The summed E-state index contributed by atoms with van der Waals surface area (Å²) < 4.78 is 4.89. The molecule has 31 heavy (non-hydrogen) atoms. The molecule has 3 unspecified atom stereocenters. The lowest BCUT2D eigenvalue weighted by atomic mass is 9.92. The number of nitrogens with one attached hydrogen (secondary N) is 3. The molecule has 1 heterocycles. The number of epoxide rings is 1. The van der Waals surface area contributed by atoms with Crippen LogP contribution in [-0.4, -0.2) is 96.2 Å². The van der Waals surface area contributed by atoms with Crippen molar-refractivity contribution in [3.05, 3.63) is 0 Å². The van der Waals surface area contributed by atoms with Crippen molar-refractivity contribution < 1.29 is 43.7 Å². The largest absolute Gasteiger partial charge is 0.480 e. The molecule has 0 aliphatic carbocycles. The van der Waals surface area contributed by atoms with Crippen molar-refractivity contribution in [2.45, 2.75) is 31.7 Å². The second kappa shape index (κ2) is 13.3. The number of carbonyl (C=O) groups excluding carboxylic acids is 5. The van der Waals surface area contributed by atoms with E-state index in [-0.39, 0.29) is 38.1 Å². The highest BCUT2D eigenvalue weighted by molar-refractivity contribution is 5.97. The van der Waals surface area contributed by atoms with Gasteiger partial charge in [0.25, 0.3) is 0 Å². The van der Waals surface area contributed by atoms with Gasteiger partial charge in [-0.15, -0.1) is 0 Å². The SMILES string of the molecule is NCCNC(=O)CCC(CC1OC1O)C(=O)CNC(=O)NC(=O)CN(C=O)CC(=O)O. The fourth-order valence-electron chi connectivity index (χ4n) is 2.61. The molecule has 5 amide bonds. The van der Waals surface area contributed by atoms with Crippen LogP contribution in [0.4, 0.5) is 4.79 Å². The average molecular weight is 445 g/mol. The molecule has 0 spiro atoms. The molecule has 1 aliphatic heterocycles. The van der Waals surface area contributed by atoms with E-state index in [9.17, 15) is 33.9 Å². The number of hydrogen-bond donors (Lipinski definition) is 6. The van der Waals surface area contributed by atoms with Gasteiger partial charge in [0.05, 0.1) is 6.54 Å². The summed E-state index contributed by atoms with van der Waals surface area (Å²) in [6.45, 7) is -1.26. The van der Waals surface area contributed by atoms with Gasteiger partial charge < -0.3 is 36.2 Å². The van der Waals surface area contributed by atoms with Gasteiger partial charge in [-0.3, -0.25) is 29.3 Å². The van der Waals surface area contributed by atoms with Crippen molar-refractivity contribution in [1.29, 1.82) is 0 Å². The highest BCUT2D eigenvalue weighted by atomic mass is 16.7. The van der Waals surface area contributed by atoms with Crippen molar-refractivity contribution >= 4 is 36.0 Å². The van der Waals surface area contributed by atoms with Crippen LogP contribution in [0.5, 0.6) is 0 Å². The van der Waals surface area contributed by atoms with E-state index in [1.54, 1.807) is 0 Å². The molecule has 1 fully saturated rings. The molecule has 1 aliphatic rings. The van der Waals surface area contributed by atoms with Crippen LogP contribution < -0.4 is 21.7 Å². The molecule has 0 aromatic carbocycles. The first kappa shape index (κ1) is 25.9. The number of urea groups is 1. The van der Waals surface area contributed by atoms with Gasteiger partial charge >= 0.3 is 12.0 Å². The maximum absolute atomic E-state index is 12.4. The number of amides is 5. The Morgan fingerprint density at radius 2 is 1.81 bits per heavy atom. The van der Waals surface area contributed by atoms with Crippen LogP contribution in [0.2, 0.25) is 0 Å². The minimum Gasteiger partial charge on any atom is -0.480 e. The Hall–Kier alpha value is -3.10. The minimum atomic E-state index is -1.33. The number of carbonyl (C=O) groups is 6. The minimum absolute atomic E-state index is 0.0367. The summed E-state index contributed by atoms with van der Waals surface area (Å²) in [4.78, 5) is 69.5. The molecule has 1 saturated heterocycles. The van der Waals surface area contributed by atoms with Gasteiger partial charge in [0, 0.05) is 25.4 Å². The van der Waals surface area contributed by atoms with Gasteiger partial charge in [0.1, 0.15) is 19.2 Å². The summed E-state index contributed by atoms with van der Waals surface area (Å²) in [6, 6.07) is -1.01. The van der Waals surface area contributed by atoms with Crippen LogP contribution >= 0.6 is 0 Å². The Kier molecular flexibility index (Phi) is 11.1. The summed E-state index contributed by atoms with van der Waals surface area (Å²) in [5.41, 5.74) is 5.30. The third-order valence-corrected chi connectivity index (χ3v) is 4.22. The van der Waals surface area contributed by atoms with Crippen molar-refractivity contribution in [1.82, 2.24) is 20.9 Å². The number of carboxylic acid groups (broad SMARTS) is 1. The lowest BCUT2D eigenvalue weighted by Crippen LogP contribution is -2.46. The average Bonchev–Trinajstić information content (AvgIpc) is 3.40. The number of nitrogens with zero attached hydrogens (tertiary/aromatic N) is 1. The van der Waals surface area contributed by atoms with Gasteiger partial charge in [-0.1, -0.05) is 0 Å². The van der Waals surface area contributed by atoms with E-state index in [2.05, 4.69) is 10.6 Å². The van der Waals surface area contributed by atoms with Crippen LogP contribution in [0.1, 0.15) is 19.3 Å². The first-order chi connectivity index (χ1) is 14.7. The van der Waals surface area contributed by atoms with E-state index in [4.69, 9.17) is 15.6 Å². The van der Waals surface area contributed by atoms with Gasteiger partial charge in [0.2, 0.25) is 18.2 Å². The molecule has 0 bridgehead atoms. The number of aliphatic carboxylic acids is 1. The normalized spacial score (nSPS) is 17.7. The molecule has 0 aromatic heterocycles. The Labute approximate surface area is 177 Å². The standard InChI is InChI=1S/C17H27N5O9/c18-3-4-19-13(25)2-1-10(5-12-16(29)31-12)11(24)6-20-17(30)21-14(26)7-22(9-23)8-15(27)28/h9-10,12,16,29H,1-8,18H2,(H,19,25)(H,27,28)(H2,20,21,26,30). The van der Waals surface area contributed by atoms with Gasteiger partial charge in [-0.05, 0) is 12.8 Å². The van der Waals surface area contributed by atoms with Gasteiger partial charge in [-0.2, -0.15) is 0 Å². The van der Waals surface area contributed by atoms with E-state index in [1.807, 2.05) is 5.32 Å². The lowest BCUT2D eigenvalue weighted by Gasteiger charge is -2.16. The molecule has 3 atom stereocenters. The Morgan fingerprint density at radius 1 is 1.13 bits per heavy atom. The van der Waals surface area contributed by atoms with Crippen LogP contribution in [0.3, 0.4) is 0 Å². The molecular weight excluding hydrogens is 418 g/mol. The summed E-state index contributed by atoms with van der Waals surface area (Å²) >= 11 is 0. The molecule has 7 N–H and O–H groups in total. The zero-order valence-electron chi connectivity index (χ0n) is 16.7. The quantitative estimate of drug-likeness (QED) is 0.108. The van der Waals surface area contributed by atoms with E-state index in [1.165, 1.54) is 0 Å². The zero-order valence-corrected chi connectivity index (χ0v) is 16.7. The maximum Gasteiger partial charge on any atom is 0.323 e. The maximum atomic E-state index is 12.4. The number of aliphatic hydroxyl groups excluding tert-OH is 1. The van der Waals surface area contributed by atoms with Crippen molar-refractivity contribution in [2.75, 3.05) is 32.7 Å². The molecule has 174 valence electrons. The van der Waals surface area contributed by atoms with Crippen LogP contribution in [0, 0.1) is 5.92 Å². The summed E-state index contributed by atoms with van der Waals surface area (Å²) in [6.07, 6.45) is -0.988. The first-order valence-corrected chi connectivity index (χ1v) is 9.48. The third-order valence-electron chi connectivity index (χ3n) is 4.22. The third kappa shape index (κ3) is 11.0. The fraction of sp³-hybridized carbons (Fsp3) is 0.647. The molecule has 1 rings (SSSR count). The van der Waals surface area contributed by atoms with Crippen molar-refractivity contribution in [3.63, 3.8) is 0 Å². The number of nitrogens with two attached hydrogens (primary N) is 1. The second-order valence-electron chi connectivity index (χ2n) is 6.78. The summed E-state index contributed by atoms with van der Waals surface area (Å²) in [5.74, 6) is -3.68. The molecule has 0 saturated carbocycles. The fourth-order valence-corrected chi connectivity index (χ4v) is 2.61. The van der Waals surface area contributed by atoms with E-state index in [0.717, 1.165) is 0 Å². The molecular formula is C17H27N5O9. The van der Waals surface area contributed by atoms with Crippen LogP contribution in [0.15, 0.2) is 0 Å². The zero-order chi connectivity index (χ0) is 23.4. The van der Waals surface area contributed by atoms with E-state index < -0.39 is 61.6 Å². The number of Topliss-reactive ketones (excluding diaryl/α,β-unsaturated/α-hetero) is 1. The Balaban J connectivity index is 2.47. The lowest BCUT2D eigenvalue weighted by molar-refractivity contribution is -0.141. The number of ketones is 1. The summed E-state index contributed by atoms with van der Waals surface area (Å²) in [7, 11) is 0. The first-order valence-electron chi connectivity index (χ1n) is 9.48. The number of rotatable bonds is 15. The molecule has 0 aromatic rings. The number of aliphatic hydroxyl groups is 1. The number of hydrogen-bond acceptors (Lipinski definition) is 9. The summed E-state index contributed by atoms with van der Waals surface area (Å²) in [5, 5.41) is 24.5. The monoisotopic (exact) mass is 445 g/mol. The van der Waals surface area contributed by atoms with Crippen molar-refractivity contribution in [2.24, 2.45) is 11.7 Å². The van der Waals surface area contributed by atoms with Gasteiger partial charge in [-0.25, -0.2) is 4.79 Å². The van der Waals surface area contributed by atoms with Crippen molar-refractivity contribution in [3.8, 4) is 0 Å². The molecule has 0 radical (unpaired) electrons. The number of imide groups is 1. The van der Waals surface area contributed by atoms with E-state index >= 15 is 0 Å². The highest BCUT2D eigenvalue weighted by Crippen LogP contribution is 2.28. The molecule has 14 heteroatoms. The van der Waals surface area contributed by atoms with Crippen LogP contribution in [0.25, 0.3) is 0 Å². The number of ether oxygens (including phenoxy) is 1. The second-order valence-corrected chi connectivity index (χ2v) is 6.78. The number of carboxylic acids is 1. The van der Waals surface area contributed by atoms with Crippen LogP contribution in [-0.2, 0) is 28.7 Å². The highest BCUT2D eigenvalue weighted by Gasteiger charge is 2.40.